The Morgan fingerprint density at radius 2 is 1.83 bits per heavy atom. The molecule has 18 heavy (non-hydrogen) atoms. The Morgan fingerprint density at radius 3 is 2.33 bits per heavy atom. The molecule has 0 bridgehead atoms. The predicted octanol–water partition coefficient (Wildman–Crippen LogP) is 0.891. The normalized spacial score (nSPS) is 11.9. The molecule has 0 amide bonds. The van der Waals surface area contributed by atoms with Crippen LogP contribution in [0.5, 0.6) is 5.75 Å². The maximum Gasteiger partial charge on any atom is 0.242 e. The highest BCUT2D eigenvalue weighted by Gasteiger charge is 2.21. The van der Waals surface area contributed by atoms with Gasteiger partial charge in [0.15, 0.2) is 0 Å². The number of benzene rings is 1. The third kappa shape index (κ3) is 3.01. The van der Waals surface area contributed by atoms with Crippen LogP contribution in [0.15, 0.2) is 17.0 Å². The molecule has 0 radical (unpaired) electrons. The van der Waals surface area contributed by atoms with E-state index >= 15 is 0 Å². The molecule has 0 unspecified atom stereocenters. The van der Waals surface area contributed by atoms with Crippen LogP contribution in [-0.4, -0.2) is 40.0 Å². The highest BCUT2D eigenvalue weighted by Crippen LogP contribution is 2.27. The van der Waals surface area contributed by atoms with Gasteiger partial charge in [-0.3, -0.25) is 0 Å². The van der Waals surface area contributed by atoms with Gasteiger partial charge in [-0.2, -0.15) is 0 Å². The lowest BCUT2D eigenvalue weighted by Crippen LogP contribution is -2.23. The van der Waals surface area contributed by atoms with Gasteiger partial charge in [0.2, 0.25) is 10.0 Å². The van der Waals surface area contributed by atoms with Gasteiger partial charge >= 0.3 is 0 Å². The van der Waals surface area contributed by atoms with Crippen LogP contribution >= 0.6 is 0 Å². The van der Waals surface area contributed by atoms with Crippen molar-refractivity contribution >= 4 is 10.0 Å². The average molecular weight is 272 g/mol. The molecule has 0 aliphatic carbocycles. The highest BCUT2D eigenvalue weighted by molar-refractivity contribution is 7.89. The van der Waals surface area contributed by atoms with Crippen LogP contribution in [0.3, 0.4) is 0 Å². The van der Waals surface area contributed by atoms with E-state index in [-0.39, 0.29) is 0 Å². The zero-order valence-electron chi connectivity index (χ0n) is 11.2. The van der Waals surface area contributed by atoms with Crippen molar-refractivity contribution in [3.05, 3.63) is 23.3 Å². The molecule has 1 aromatic rings. The monoisotopic (exact) mass is 272 g/mol. The van der Waals surface area contributed by atoms with Crippen LogP contribution < -0.4 is 10.5 Å². The molecule has 0 spiro atoms. The second-order valence-corrected chi connectivity index (χ2v) is 6.43. The van der Waals surface area contributed by atoms with Gasteiger partial charge in [-0.15, -0.1) is 0 Å². The molecule has 0 saturated heterocycles. The van der Waals surface area contributed by atoms with Gasteiger partial charge in [-0.05, 0) is 37.1 Å². The minimum Gasteiger partial charge on any atom is -0.492 e. The van der Waals surface area contributed by atoms with E-state index in [0.29, 0.717) is 29.4 Å². The van der Waals surface area contributed by atoms with Crippen molar-refractivity contribution in [3.63, 3.8) is 0 Å². The molecule has 5 nitrogen and oxygen atoms in total. The van der Waals surface area contributed by atoms with Crippen LogP contribution in [0, 0.1) is 13.8 Å². The van der Waals surface area contributed by atoms with Crippen LogP contribution in [0.1, 0.15) is 11.1 Å². The summed E-state index contributed by atoms with van der Waals surface area (Å²) < 4.78 is 30.9. The molecular weight excluding hydrogens is 252 g/mol. The molecule has 2 N–H and O–H groups in total. The van der Waals surface area contributed by atoms with Crippen LogP contribution in [0.4, 0.5) is 0 Å². The first-order valence-electron chi connectivity index (χ1n) is 5.67. The molecule has 1 rings (SSSR count). The summed E-state index contributed by atoms with van der Waals surface area (Å²) >= 11 is 0. The molecule has 0 fully saturated rings. The number of rotatable bonds is 5. The number of nitrogens with zero attached hydrogens (tertiary/aromatic N) is 1. The van der Waals surface area contributed by atoms with E-state index in [1.807, 2.05) is 6.92 Å². The van der Waals surface area contributed by atoms with Gasteiger partial charge in [0.25, 0.3) is 0 Å². The smallest absolute Gasteiger partial charge is 0.242 e. The van der Waals surface area contributed by atoms with Gasteiger partial charge in [0.1, 0.15) is 12.4 Å². The molecule has 0 saturated carbocycles. The Hall–Kier alpha value is -1.11. The summed E-state index contributed by atoms with van der Waals surface area (Å²) in [7, 11) is -0.381. The fraction of sp³-hybridized carbons (Fsp3) is 0.500. The summed E-state index contributed by atoms with van der Waals surface area (Å²) in [5.74, 6) is 0.677. The minimum absolute atomic E-state index is 0.310. The van der Waals surface area contributed by atoms with Crippen molar-refractivity contribution in [1.82, 2.24) is 4.31 Å². The molecular formula is C12H20N2O3S. The summed E-state index contributed by atoms with van der Waals surface area (Å²) in [6, 6.07) is 3.37. The van der Waals surface area contributed by atoms with Gasteiger partial charge in [0, 0.05) is 20.6 Å². The Morgan fingerprint density at radius 1 is 1.22 bits per heavy atom. The van der Waals surface area contributed by atoms with E-state index < -0.39 is 10.0 Å². The number of aryl methyl sites for hydroxylation is 2. The number of hydrogen-bond acceptors (Lipinski definition) is 4. The summed E-state index contributed by atoms with van der Waals surface area (Å²) in [6.07, 6.45) is 0. The van der Waals surface area contributed by atoms with Crippen molar-refractivity contribution in [2.75, 3.05) is 27.2 Å². The lowest BCUT2D eigenvalue weighted by Gasteiger charge is -2.16. The molecule has 0 aliphatic rings. The summed E-state index contributed by atoms with van der Waals surface area (Å²) in [4.78, 5) is 0.310. The predicted molar refractivity (Wildman–Crippen MR) is 71.3 cm³/mol. The molecule has 0 heterocycles. The fourth-order valence-corrected chi connectivity index (χ4v) is 2.75. The van der Waals surface area contributed by atoms with Crippen LogP contribution in [0.2, 0.25) is 0 Å². The molecule has 6 heteroatoms. The maximum absolute atomic E-state index is 12.1. The fourth-order valence-electron chi connectivity index (χ4n) is 1.56. The van der Waals surface area contributed by atoms with E-state index in [4.69, 9.17) is 10.5 Å². The lowest BCUT2D eigenvalue weighted by molar-refractivity contribution is 0.325. The Balaban J connectivity index is 3.23. The lowest BCUT2D eigenvalue weighted by atomic mass is 10.1. The third-order valence-electron chi connectivity index (χ3n) is 2.61. The van der Waals surface area contributed by atoms with Gasteiger partial charge in [-0.25, -0.2) is 12.7 Å². The number of nitrogens with two attached hydrogens (primary N) is 1. The van der Waals surface area contributed by atoms with E-state index in [0.717, 1.165) is 5.56 Å². The Kier molecular flexibility index (Phi) is 4.72. The average Bonchev–Trinajstić information content (AvgIpc) is 2.29. The van der Waals surface area contributed by atoms with E-state index in [1.54, 1.807) is 19.1 Å². The quantitative estimate of drug-likeness (QED) is 0.864. The number of ether oxygens (including phenoxy) is 1. The maximum atomic E-state index is 12.1. The molecule has 102 valence electrons. The molecule has 1 aromatic carbocycles. The van der Waals surface area contributed by atoms with E-state index in [9.17, 15) is 8.42 Å². The second kappa shape index (κ2) is 5.69. The summed E-state index contributed by atoms with van der Waals surface area (Å²) in [5, 5.41) is 0. The largest absolute Gasteiger partial charge is 0.492 e. The number of hydrogen-bond donors (Lipinski definition) is 1. The van der Waals surface area contributed by atoms with E-state index in [1.165, 1.54) is 18.4 Å². The van der Waals surface area contributed by atoms with Gasteiger partial charge in [0.05, 0.1) is 4.90 Å². The van der Waals surface area contributed by atoms with Crippen molar-refractivity contribution in [3.8, 4) is 5.75 Å². The summed E-state index contributed by atoms with van der Waals surface area (Å²) in [6.45, 7) is 4.42. The zero-order chi connectivity index (χ0) is 13.9. The molecule has 0 atom stereocenters. The topological polar surface area (TPSA) is 72.6 Å². The second-order valence-electron chi connectivity index (χ2n) is 4.31. The number of sulfonamides is 1. The van der Waals surface area contributed by atoms with Crippen LogP contribution in [-0.2, 0) is 10.0 Å². The van der Waals surface area contributed by atoms with Gasteiger partial charge in [-0.1, -0.05) is 0 Å². The van der Waals surface area contributed by atoms with Crippen LogP contribution in [0.25, 0.3) is 0 Å². The highest BCUT2D eigenvalue weighted by atomic mass is 32.2. The minimum atomic E-state index is -3.41. The standard InChI is InChI=1S/C12H20N2O3S/c1-9-8-12(18(15,16)14(3)4)10(2)7-11(9)17-6-5-13/h7-8H,5-6,13H2,1-4H3. The van der Waals surface area contributed by atoms with Crippen molar-refractivity contribution in [2.24, 2.45) is 5.73 Å². The van der Waals surface area contributed by atoms with E-state index in [2.05, 4.69) is 0 Å². The zero-order valence-corrected chi connectivity index (χ0v) is 12.0. The first kappa shape index (κ1) is 14.9. The molecule has 0 aromatic heterocycles. The first-order chi connectivity index (χ1) is 8.30. The molecule has 0 aliphatic heterocycles. The Labute approximate surface area is 109 Å². The summed E-state index contributed by atoms with van der Waals surface area (Å²) in [5.41, 5.74) is 6.83. The van der Waals surface area contributed by atoms with Crippen molar-refractivity contribution in [2.45, 2.75) is 18.7 Å². The SMILES string of the molecule is Cc1cc(S(=O)(=O)N(C)C)c(C)cc1OCCN. The Bertz CT molecular complexity index is 524. The van der Waals surface area contributed by atoms with Crippen molar-refractivity contribution < 1.29 is 13.2 Å². The van der Waals surface area contributed by atoms with Gasteiger partial charge < -0.3 is 10.5 Å². The third-order valence-corrected chi connectivity index (χ3v) is 4.56. The first-order valence-corrected chi connectivity index (χ1v) is 7.11. The van der Waals surface area contributed by atoms with Crippen molar-refractivity contribution in [1.29, 1.82) is 0 Å².